The van der Waals surface area contributed by atoms with Crippen molar-refractivity contribution in [1.82, 2.24) is 0 Å². The van der Waals surface area contributed by atoms with Crippen LogP contribution in [0.25, 0.3) is 11.1 Å². The van der Waals surface area contributed by atoms with Gasteiger partial charge >= 0.3 is 20.2 Å². The Balaban J connectivity index is 1.72. The van der Waals surface area contributed by atoms with E-state index in [-0.39, 0.29) is 21.3 Å². The highest BCUT2D eigenvalue weighted by molar-refractivity contribution is 7.87. The first-order chi connectivity index (χ1) is 16.2. The molecule has 0 unspecified atom stereocenters. The molecule has 4 rings (SSSR count). The largest absolute Gasteiger partial charge is 0.378 e. The van der Waals surface area contributed by atoms with Gasteiger partial charge in [0.1, 0.15) is 9.79 Å². The summed E-state index contributed by atoms with van der Waals surface area (Å²) < 4.78 is 62.4. The molecule has 0 aliphatic carbocycles. The van der Waals surface area contributed by atoms with E-state index < -0.39 is 20.2 Å². The quantitative estimate of drug-likeness (QED) is 0.315. The van der Waals surface area contributed by atoms with Crippen molar-refractivity contribution >= 4 is 20.2 Å². The molecular weight excluding hydrogens is 472 g/mol. The summed E-state index contributed by atoms with van der Waals surface area (Å²) in [6, 6.07) is 25.6. The Morgan fingerprint density at radius 3 is 1.15 bits per heavy atom. The van der Waals surface area contributed by atoms with Gasteiger partial charge in [-0.3, -0.25) is 0 Å². The molecule has 0 aliphatic heterocycles. The van der Waals surface area contributed by atoms with E-state index in [4.69, 9.17) is 8.37 Å². The second-order valence-electron chi connectivity index (χ2n) is 7.69. The molecule has 8 heteroatoms. The van der Waals surface area contributed by atoms with Crippen LogP contribution in [-0.4, -0.2) is 16.8 Å². The van der Waals surface area contributed by atoms with E-state index in [1.54, 1.807) is 60.7 Å². The summed E-state index contributed by atoms with van der Waals surface area (Å²) in [5.41, 5.74) is 2.57. The lowest BCUT2D eigenvalue weighted by atomic mass is 10.0. The molecule has 0 N–H and O–H groups in total. The molecule has 0 aliphatic rings. The van der Waals surface area contributed by atoms with Crippen LogP contribution in [0.2, 0.25) is 0 Å². The summed E-state index contributed by atoms with van der Waals surface area (Å²) in [5, 5.41) is 0. The molecule has 34 heavy (non-hydrogen) atoms. The summed E-state index contributed by atoms with van der Waals surface area (Å²) in [6.07, 6.45) is 0. The Kier molecular flexibility index (Phi) is 6.45. The molecule has 0 heterocycles. The molecule has 6 nitrogen and oxygen atoms in total. The lowest BCUT2D eigenvalue weighted by Crippen LogP contribution is -2.11. The number of benzene rings is 4. The van der Waals surface area contributed by atoms with E-state index in [2.05, 4.69) is 0 Å². The molecular formula is C26H22O6S2. The van der Waals surface area contributed by atoms with Crippen molar-refractivity contribution in [3.05, 3.63) is 108 Å². The summed E-state index contributed by atoms with van der Waals surface area (Å²) in [7, 11) is -8.23. The molecule has 0 spiro atoms. The van der Waals surface area contributed by atoms with E-state index in [1.165, 1.54) is 36.4 Å². The molecule has 174 valence electrons. The van der Waals surface area contributed by atoms with Crippen molar-refractivity contribution in [3.8, 4) is 22.6 Å². The summed E-state index contributed by atoms with van der Waals surface area (Å²) in [6.45, 7) is 3.71. The minimum atomic E-state index is -4.11. The van der Waals surface area contributed by atoms with Crippen molar-refractivity contribution in [1.29, 1.82) is 0 Å². The smallest absolute Gasteiger partial charge is 0.339 e. The molecule has 4 aromatic carbocycles. The fourth-order valence-corrected chi connectivity index (χ4v) is 5.16. The molecule has 0 aromatic heterocycles. The van der Waals surface area contributed by atoms with Gasteiger partial charge in [-0.25, -0.2) is 0 Å². The third-order valence-electron chi connectivity index (χ3n) is 5.08. The number of hydrogen-bond acceptors (Lipinski definition) is 6. The lowest BCUT2D eigenvalue weighted by molar-refractivity contribution is 0.482. The maximum Gasteiger partial charge on any atom is 0.339 e. The number of hydrogen-bond donors (Lipinski definition) is 0. The maximum absolute atomic E-state index is 12.9. The summed E-state index contributed by atoms with van der Waals surface area (Å²) in [5.74, 6) is 0.0960. The topological polar surface area (TPSA) is 86.7 Å². The van der Waals surface area contributed by atoms with E-state index >= 15 is 0 Å². The monoisotopic (exact) mass is 494 g/mol. The highest BCUT2D eigenvalue weighted by Gasteiger charge is 2.23. The number of aryl methyl sites for hydroxylation is 2. The highest BCUT2D eigenvalue weighted by Crippen LogP contribution is 2.38. The van der Waals surface area contributed by atoms with E-state index in [1.807, 2.05) is 13.8 Å². The third-order valence-corrected chi connectivity index (χ3v) is 7.58. The zero-order valence-electron chi connectivity index (χ0n) is 18.5. The van der Waals surface area contributed by atoms with Crippen LogP contribution in [0.4, 0.5) is 0 Å². The lowest BCUT2D eigenvalue weighted by Gasteiger charge is -2.15. The molecule has 0 saturated carbocycles. The minimum absolute atomic E-state index is 0.0133. The van der Waals surface area contributed by atoms with Gasteiger partial charge < -0.3 is 8.37 Å². The zero-order valence-corrected chi connectivity index (χ0v) is 20.1. The molecule has 0 fully saturated rings. The van der Waals surface area contributed by atoms with Crippen LogP contribution in [0.15, 0.2) is 107 Å². The van der Waals surface area contributed by atoms with Crippen molar-refractivity contribution in [3.63, 3.8) is 0 Å². The average Bonchev–Trinajstić information content (AvgIpc) is 2.80. The number of rotatable bonds is 7. The van der Waals surface area contributed by atoms with Crippen LogP contribution >= 0.6 is 0 Å². The van der Waals surface area contributed by atoms with Crippen molar-refractivity contribution < 1.29 is 25.2 Å². The SMILES string of the molecule is Cc1ccc(S(=O)(=O)Oc2ccccc2-c2ccccc2OS(=O)(=O)c2ccc(C)cc2)cc1. The van der Waals surface area contributed by atoms with Crippen molar-refractivity contribution in [2.24, 2.45) is 0 Å². The standard InChI is InChI=1S/C26H22O6S2/c1-19-11-15-21(16-12-19)33(27,28)31-25-9-5-3-7-23(25)24-8-4-6-10-26(24)32-34(29,30)22-17-13-20(2)14-18-22/h3-18H,1-2H3. The Morgan fingerprint density at radius 2 is 0.794 bits per heavy atom. The first-order valence-corrected chi connectivity index (χ1v) is 13.2. The second kappa shape index (κ2) is 9.32. The van der Waals surface area contributed by atoms with Crippen LogP contribution in [0.3, 0.4) is 0 Å². The van der Waals surface area contributed by atoms with Gasteiger partial charge in [0.15, 0.2) is 11.5 Å². The Morgan fingerprint density at radius 1 is 0.471 bits per heavy atom. The Labute approximate surface area is 199 Å². The summed E-state index contributed by atoms with van der Waals surface area (Å²) >= 11 is 0. The van der Waals surface area contributed by atoms with Crippen LogP contribution in [0.1, 0.15) is 11.1 Å². The van der Waals surface area contributed by atoms with Gasteiger partial charge in [0.05, 0.1) is 0 Å². The Bertz CT molecular complexity index is 1400. The fourth-order valence-electron chi connectivity index (χ4n) is 3.27. The number of para-hydroxylation sites is 2. The van der Waals surface area contributed by atoms with E-state index in [0.29, 0.717) is 11.1 Å². The first-order valence-electron chi connectivity index (χ1n) is 10.4. The predicted octanol–water partition coefficient (Wildman–Crippen LogP) is 5.51. The van der Waals surface area contributed by atoms with Gasteiger partial charge in [0.2, 0.25) is 0 Å². The summed E-state index contributed by atoms with van der Waals surface area (Å²) in [4.78, 5) is 0.0266. The molecule has 0 amide bonds. The molecule has 0 atom stereocenters. The van der Waals surface area contributed by atoms with Gasteiger partial charge in [0, 0.05) is 11.1 Å². The predicted molar refractivity (Wildman–Crippen MR) is 130 cm³/mol. The van der Waals surface area contributed by atoms with E-state index in [9.17, 15) is 16.8 Å². The van der Waals surface area contributed by atoms with Crippen molar-refractivity contribution in [2.45, 2.75) is 23.6 Å². The normalized spacial score (nSPS) is 11.7. The van der Waals surface area contributed by atoms with Gasteiger partial charge in [-0.15, -0.1) is 0 Å². The van der Waals surface area contributed by atoms with Crippen LogP contribution < -0.4 is 8.37 Å². The Hall–Kier alpha value is -3.62. The van der Waals surface area contributed by atoms with Crippen molar-refractivity contribution in [2.75, 3.05) is 0 Å². The van der Waals surface area contributed by atoms with Gasteiger partial charge in [0.25, 0.3) is 0 Å². The van der Waals surface area contributed by atoms with Gasteiger partial charge in [-0.1, -0.05) is 71.8 Å². The minimum Gasteiger partial charge on any atom is -0.378 e. The van der Waals surface area contributed by atoms with Crippen LogP contribution in [-0.2, 0) is 20.2 Å². The second-order valence-corrected chi connectivity index (χ2v) is 10.8. The molecule has 0 radical (unpaired) electrons. The average molecular weight is 495 g/mol. The van der Waals surface area contributed by atoms with Gasteiger partial charge in [-0.05, 0) is 50.2 Å². The maximum atomic E-state index is 12.9. The first kappa shape index (κ1) is 23.5. The third kappa shape index (κ3) is 5.13. The zero-order chi connectivity index (χ0) is 24.3. The molecule has 4 aromatic rings. The van der Waals surface area contributed by atoms with Crippen LogP contribution in [0, 0.1) is 13.8 Å². The van der Waals surface area contributed by atoms with Gasteiger partial charge in [-0.2, -0.15) is 16.8 Å². The fraction of sp³-hybridized carbons (Fsp3) is 0.0769. The highest BCUT2D eigenvalue weighted by atomic mass is 32.2. The molecule has 0 bridgehead atoms. The van der Waals surface area contributed by atoms with E-state index in [0.717, 1.165) is 11.1 Å². The van der Waals surface area contributed by atoms with Crippen LogP contribution in [0.5, 0.6) is 11.5 Å². The molecule has 0 saturated heterocycles.